The number of hydrogen-bond acceptors (Lipinski definition) is 1. The molecule has 0 aliphatic heterocycles. The molecule has 0 aliphatic rings. The van der Waals surface area contributed by atoms with E-state index in [0.29, 0.717) is 0 Å². The lowest BCUT2D eigenvalue weighted by atomic mass is 10.3. The lowest BCUT2D eigenvalue weighted by molar-refractivity contribution is 1.08. The molecule has 1 heteroatoms. The van der Waals surface area contributed by atoms with Gasteiger partial charge in [0, 0.05) is 5.92 Å². The Kier molecular flexibility index (Phi) is 1.60. The molecule has 0 fully saturated rings. The van der Waals surface area contributed by atoms with Crippen molar-refractivity contribution in [2.45, 2.75) is 0 Å². The van der Waals surface area contributed by atoms with Crippen LogP contribution in [0.3, 0.4) is 0 Å². The fourth-order valence-electron chi connectivity index (χ4n) is 0. The van der Waals surface area contributed by atoms with E-state index in [1.165, 1.54) is 0 Å². The van der Waals surface area contributed by atoms with E-state index in [2.05, 4.69) is 13.8 Å². The van der Waals surface area contributed by atoms with Gasteiger partial charge in [0.05, 0.1) is 6.07 Å². The third kappa shape index (κ3) is 3.49. The second-order valence-corrected chi connectivity index (χ2v) is 0.826. The van der Waals surface area contributed by atoms with Crippen LogP contribution in [0.1, 0.15) is 0 Å². The van der Waals surface area contributed by atoms with E-state index in [1.54, 1.807) is 6.07 Å². The average molecular weight is 67.1 g/mol. The molecular formula is C4H5N. The lowest BCUT2D eigenvalue weighted by Crippen LogP contribution is -1.74. The van der Waals surface area contributed by atoms with Gasteiger partial charge in [-0.05, 0) is 13.8 Å². The van der Waals surface area contributed by atoms with Crippen LogP contribution in [0.15, 0.2) is 0 Å². The second kappa shape index (κ2) is 1.78. The maximum Gasteiger partial charge on any atom is 0.0655 e. The van der Waals surface area contributed by atoms with Crippen LogP contribution in [0.2, 0.25) is 0 Å². The van der Waals surface area contributed by atoms with Gasteiger partial charge in [0.25, 0.3) is 0 Å². The molecule has 0 aromatic rings. The van der Waals surface area contributed by atoms with Gasteiger partial charge in [-0.2, -0.15) is 5.26 Å². The summed E-state index contributed by atoms with van der Waals surface area (Å²) in [5.41, 5.74) is 0. The van der Waals surface area contributed by atoms with Crippen molar-refractivity contribution >= 4 is 0 Å². The number of hydrogen-bond donors (Lipinski definition) is 0. The van der Waals surface area contributed by atoms with E-state index < -0.39 is 0 Å². The van der Waals surface area contributed by atoms with E-state index >= 15 is 0 Å². The molecule has 0 aliphatic carbocycles. The molecule has 0 spiro atoms. The Morgan fingerprint density at radius 3 is 1.80 bits per heavy atom. The van der Waals surface area contributed by atoms with Gasteiger partial charge in [0.2, 0.25) is 0 Å². The predicted molar refractivity (Wildman–Crippen MR) is 19.8 cm³/mol. The van der Waals surface area contributed by atoms with Crippen LogP contribution in [0.4, 0.5) is 0 Å². The highest BCUT2D eigenvalue weighted by Gasteiger charge is 1.79. The van der Waals surface area contributed by atoms with Crippen molar-refractivity contribution < 1.29 is 0 Å². The molecular weight excluding hydrogens is 62.1 g/mol. The van der Waals surface area contributed by atoms with Crippen molar-refractivity contribution in [1.29, 1.82) is 5.26 Å². The van der Waals surface area contributed by atoms with E-state index in [-0.39, 0.29) is 5.92 Å². The molecule has 0 aromatic heterocycles. The third-order valence-corrected chi connectivity index (χ3v) is 0.183. The van der Waals surface area contributed by atoms with Gasteiger partial charge >= 0.3 is 0 Å². The van der Waals surface area contributed by atoms with E-state index in [9.17, 15) is 0 Å². The minimum atomic E-state index is -0.310. The first-order valence-corrected chi connectivity index (χ1v) is 1.33. The zero-order valence-electron chi connectivity index (χ0n) is 2.94. The molecule has 0 amide bonds. The SMILES string of the molecule is [CH2]C([CH2])C#N. The lowest BCUT2D eigenvalue weighted by Gasteiger charge is -1.75. The van der Waals surface area contributed by atoms with Gasteiger partial charge in [-0.3, -0.25) is 0 Å². The molecule has 0 aromatic carbocycles. The molecule has 0 saturated carbocycles. The number of rotatable bonds is 0. The normalized spacial score (nSPS) is 7.60. The van der Waals surface area contributed by atoms with Crippen LogP contribution >= 0.6 is 0 Å². The fourth-order valence-corrected chi connectivity index (χ4v) is 0. The van der Waals surface area contributed by atoms with Crippen LogP contribution in [-0.2, 0) is 0 Å². The summed E-state index contributed by atoms with van der Waals surface area (Å²) >= 11 is 0. The zero-order chi connectivity index (χ0) is 4.28. The first-order valence-electron chi connectivity index (χ1n) is 1.33. The van der Waals surface area contributed by atoms with Crippen molar-refractivity contribution in [1.82, 2.24) is 0 Å². The molecule has 0 N–H and O–H groups in total. The van der Waals surface area contributed by atoms with Gasteiger partial charge < -0.3 is 0 Å². The van der Waals surface area contributed by atoms with Gasteiger partial charge in [-0.15, -0.1) is 0 Å². The molecule has 0 heterocycles. The highest BCUT2D eigenvalue weighted by Crippen LogP contribution is 1.79. The first-order chi connectivity index (χ1) is 2.27. The van der Waals surface area contributed by atoms with Crippen molar-refractivity contribution in [3.63, 3.8) is 0 Å². The molecule has 1 nitrogen and oxygen atoms in total. The highest BCUT2D eigenvalue weighted by molar-refractivity contribution is 4.85. The van der Waals surface area contributed by atoms with E-state index in [1.807, 2.05) is 0 Å². The maximum atomic E-state index is 7.77. The predicted octanol–water partition coefficient (Wildman–Crippen LogP) is 0.794. The quantitative estimate of drug-likeness (QED) is 0.411. The molecule has 0 saturated heterocycles. The van der Waals surface area contributed by atoms with Crippen LogP contribution < -0.4 is 0 Å². The Balaban J connectivity index is 2.94. The van der Waals surface area contributed by atoms with Crippen molar-refractivity contribution in [2.75, 3.05) is 0 Å². The third-order valence-electron chi connectivity index (χ3n) is 0.183. The smallest absolute Gasteiger partial charge is 0.0655 e. The topological polar surface area (TPSA) is 23.8 Å². The molecule has 0 unspecified atom stereocenters. The average Bonchev–Trinajstić information content (AvgIpc) is 1.38. The summed E-state index contributed by atoms with van der Waals surface area (Å²) in [6, 6.07) is 1.81. The Morgan fingerprint density at radius 1 is 1.60 bits per heavy atom. The standard InChI is InChI=1S/C4H5N/c1-4(2)3-5/h4H,1-2H2. The van der Waals surface area contributed by atoms with Crippen LogP contribution in [0.25, 0.3) is 0 Å². The number of nitriles is 1. The Labute approximate surface area is 32.2 Å². The van der Waals surface area contributed by atoms with Crippen molar-refractivity contribution in [3.8, 4) is 6.07 Å². The Morgan fingerprint density at radius 2 is 1.80 bits per heavy atom. The largest absolute Gasteiger partial charge is 0.198 e. The monoisotopic (exact) mass is 67.0 g/mol. The molecule has 0 rings (SSSR count). The summed E-state index contributed by atoms with van der Waals surface area (Å²) in [6.07, 6.45) is 0. The summed E-state index contributed by atoms with van der Waals surface area (Å²) in [5.74, 6) is -0.310. The van der Waals surface area contributed by atoms with Gasteiger partial charge in [0.15, 0.2) is 0 Å². The minimum Gasteiger partial charge on any atom is -0.198 e. The van der Waals surface area contributed by atoms with Crippen molar-refractivity contribution in [3.05, 3.63) is 13.8 Å². The fraction of sp³-hybridized carbons (Fsp3) is 0.250. The minimum absolute atomic E-state index is 0.310. The molecule has 0 atom stereocenters. The van der Waals surface area contributed by atoms with Crippen molar-refractivity contribution in [2.24, 2.45) is 5.92 Å². The number of nitrogens with zero attached hydrogens (tertiary/aromatic N) is 1. The maximum absolute atomic E-state index is 7.77. The highest BCUT2D eigenvalue weighted by atomic mass is 14.2. The second-order valence-electron chi connectivity index (χ2n) is 0.826. The van der Waals surface area contributed by atoms with Crippen LogP contribution in [0, 0.1) is 31.1 Å². The van der Waals surface area contributed by atoms with E-state index in [4.69, 9.17) is 5.26 Å². The summed E-state index contributed by atoms with van der Waals surface area (Å²) < 4.78 is 0. The first kappa shape index (κ1) is 4.49. The van der Waals surface area contributed by atoms with E-state index in [0.717, 1.165) is 0 Å². The zero-order valence-corrected chi connectivity index (χ0v) is 2.94. The summed E-state index contributed by atoms with van der Waals surface area (Å²) in [6.45, 7) is 6.57. The van der Waals surface area contributed by atoms with Gasteiger partial charge in [0.1, 0.15) is 0 Å². The Hall–Kier alpha value is -0.510. The van der Waals surface area contributed by atoms with Crippen LogP contribution in [-0.4, -0.2) is 0 Å². The van der Waals surface area contributed by atoms with Gasteiger partial charge in [-0.25, -0.2) is 0 Å². The molecule has 5 heavy (non-hydrogen) atoms. The Bertz CT molecular complexity index is 49.2. The molecule has 0 bridgehead atoms. The van der Waals surface area contributed by atoms with Crippen LogP contribution in [0.5, 0.6) is 0 Å². The summed E-state index contributed by atoms with van der Waals surface area (Å²) in [4.78, 5) is 0. The summed E-state index contributed by atoms with van der Waals surface area (Å²) in [5, 5.41) is 7.77. The summed E-state index contributed by atoms with van der Waals surface area (Å²) in [7, 11) is 0. The van der Waals surface area contributed by atoms with Gasteiger partial charge in [-0.1, -0.05) is 0 Å². The molecule has 2 radical (unpaired) electrons. The molecule has 26 valence electrons.